The van der Waals surface area contributed by atoms with Gasteiger partial charge in [-0.3, -0.25) is 0 Å². The number of aryl methyl sites for hydroxylation is 1. The molecule has 1 nitrogen and oxygen atoms in total. The summed E-state index contributed by atoms with van der Waals surface area (Å²) in [6.45, 7) is 7.96. The van der Waals surface area contributed by atoms with Crippen LogP contribution in [0.4, 0.5) is 0 Å². The Bertz CT molecular complexity index is 358. The van der Waals surface area contributed by atoms with Crippen LogP contribution in [0.1, 0.15) is 44.2 Å². The van der Waals surface area contributed by atoms with Crippen molar-refractivity contribution in [3.05, 3.63) is 35.4 Å². The Labute approximate surface area is 106 Å². The molecule has 1 aliphatic rings. The standard InChI is InChI=1S/C16H25N/c1-4-14-9-10-16(13(14)3)17-11-15-8-6-5-7-12(15)2/h5-8,13-14,16-17H,4,9-11H2,1-3H3. The molecule has 1 fully saturated rings. The Morgan fingerprint density at radius 1 is 1.24 bits per heavy atom. The topological polar surface area (TPSA) is 12.0 Å². The zero-order valence-electron chi connectivity index (χ0n) is 11.4. The maximum atomic E-state index is 3.75. The molecule has 3 atom stereocenters. The van der Waals surface area contributed by atoms with E-state index in [0.717, 1.165) is 24.4 Å². The smallest absolute Gasteiger partial charge is 0.0210 e. The molecule has 2 rings (SSSR count). The lowest BCUT2D eigenvalue weighted by Crippen LogP contribution is -2.32. The van der Waals surface area contributed by atoms with Gasteiger partial charge in [0.15, 0.2) is 0 Å². The zero-order valence-corrected chi connectivity index (χ0v) is 11.4. The van der Waals surface area contributed by atoms with E-state index in [1.807, 2.05) is 0 Å². The van der Waals surface area contributed by atoms with Gasteiger partial charge in [0.05, 0.1) is 0 Å². The summed E-state index contributed by atoms with van der Waals surface area (Å²) in [5.74, 6) is 1.77. The average molecular weight is 231 g/mol. The third-order valence-electron chi connectivity index (χ3n) is 4.57. The van der Waals surface area contributed by atoms with Gasteiger partial charge in [0.2, 0.25) is 0 Å². The normalized spacial score (nSPS) is 28.5. The van der Waals surface area contributed by atoms with Crippen molar-refractivity contribution >= 4 is 0 Å². The summed E-state index contributed by atoms with van der Waals surface area (Å²) in [7, 11) is 0. The molecule has 0 amide bonds. The van der Waals surface area contributed by atoms with E-state index >= 15 is 0 Å². The van der Waals surface area contributed by atoms with Gasteiger partial charge in [-0.2, -0.15) is 0 Å². The van der Waals surface area contributed by atoms with Crippen LogP contribution < -0.4 is 5.32 Å². The molecule has 17 heavy (non-hydrogen) atoms. The number of hydrogen-bond acceptors (Lipinski definition) is 1. The highest BCUT2D eigenvalue weighted by molar-refractivity contribution is 5.25. The Kier molecular flexibility index (Phi) is 4.22. The van der Waals surface area contributed by atoms with Gasteiger partial charge in [0, 0.05) is 12.6 Å². The summed E-state index contributed by atoms with van der Waals surface area (Å²) in [6, 6.07) is 9.41. The Balaban J connectivity index is 1.89. The van der Waals surface area contributed by atoms with Crippen LogP contribution in [-0.4, -0.2) is 6.04 Å². The molecular weight excluding hydrogens is 206 g/mol. The maximum Gasteiger partial charge on any atom is 0.0210 e. The SMILES string of the molecule is CCC1CCC(NCc2ccccc2C)C1C. The van der Waals surface area contributed by atoms with Gasteiger partial charge in [0.1, 0.15) is 0 Å². The summed E-state index contributed by atoms with van der Waals surface area (Å²) in [6.07, 6.45) is 4.10. The van der Waals surface area contributed by atoms with Gasteiger partial charge >= 0.3 is 0 Å². The van der Waals surface area contributed by atoms with Crippen molar-refractivity contribution in [3.8, 4) is 0 Å². The minimum absolute atomic E-state index is 0.722. The lowest BCUT2D eigenvalue weighted by molar-refractivity contribution is 0.344. The number of rotatable bonds is 4. The molecule has 1 aromatic rings. The molecule has 3 unspecified atom stereocenters. The minimum Gasteiger partial charge on any atom is -0.310 e. The Morgan fingerprint density at radius 2 is 2.00 bits per heavy atom. The van der Waals surface area contributed by atoms with Crippen LogP contribution in [0, 0.1) is 18.8 Å². The van der Waals surface area contributed by atoms with Gasteiger partial charge in [-0.25, -0.2) is 0 Å². The molecule has 0 bridgehead atoms. The molecule has 0 radical (unpaired) electrons. The quantitative estimate of drug-likeness (QED) is 0.828. The van der Waals surface area contributed by atoms with Crippen molar-refractivity contribution in [3.63, 3.8) is 0 Å². The number of nitrogens with one attached hydrogen (secondary N) is 1. The average Bonchev–Trinajstić information content (AvgIpc) is 2.69. The van der Waals surface area contributed by atoms with Crippen molar-refractivity contribution in [2.45, 2.75) is 52.6 Å². The van der Waals surface area contributed by atoms with Crippen LogP contribution in [0.5, 0.6) is 0 Å². The second-order valence-corrected chi connectivity index (χ2v) is 5.52. The first-order valence-corrected chi connectivity index (χ1v) is 7.00. The van der Waals surface area contributed by atoms with E-state index < -0.39 is 0 Å². The zero-order chi connectivity index (χ0) is 12.3. The summed E-state index contributed by atoms with van der Waals surface area (Å²) in [5, 5.41) is 3.75. The van der Waals surface area contributed by atoms with E-state index in [1.165, 1.54) is 30.4 Å². The highest BCUT2D eigenvalue weighted by atomic mass is 14.9. The molecule has 1 aromatic carbocycles. The first-order chi connectivity index (χ1) is 8.22. The summed E-state index contributed by atoms with van der Waals surface area (Å²) >= 11 is 0. The van der Waals surface area contributed by atoms with Crippen LogP contribution in [0.2, 0.25) is 0 Å². The second kappa shape index (κ2) is 5.68. The van der Waals surface area contributed by atoms with Gasteiger partial charge in [-0.15, -0.1) is 0 Å². The molecule has 1 saturated carbocycles. The molecule has 0 heterocycles. The van der Waals surface area contributed by atoms with Gasteiger partial charge in [-0.1, -0.05) is 44.5 Å². The molecule has 1 N–H and O–H groups in total. The van der Waals surface area contributed by atoms with Crippen molar-refractivity contribution in [2.24, 2.45) is 11.8 Å². The molecule has 1 heteroatoms. The molecular formula is C16H25N. The first kappa shape index (κ1) is 12.6. The predicted molar refractivity (Wildman–Crippen MR) is 74.0 cm³/mol. The third kappa shape index (κ3) is 2.90. The van der Waals surface area contributed by atoms with Gasteiger partial charge < -0.3 is 5.32 Å². The monoisotopic (exact) mass is 231 g/mol. The molecule has 0 saturated heterocycles. The van der Waals surface area contributed by atoms with E-state index in [1.54, 1.807) is 0 Å². The van der Waals surface area contributed by atoms with Crippen LogP contribution in [0.3, 0.4) is 0 Å². The van der Waals surface area contributed by atoms with Crippen LogP contribution >= 0.6 is 0 Å². The lowest BCUT2D eigenvalue weighted by Gasteiger charge is -2.21. The lowest BCUT2D eigenvalue weighted by atomic mass is 9.93. The van der Waals surface area contributed by atoms with Crippen molar-refractivity contribution in [1.82, 2.24) is 5.32 Å². The molecule has 94 valence electrons. The van der Waals surface area contributed by atoms with Crippen LogP contribution in [0.15, 0.2) is 24.3 Å². The second-order valence-electron chi connectivity index (χ2n) is 5.52. The fraction of sp³-hybridized carbons (Fsp3) is 0.625. The van der Waals surface area contributed by atoms with E-state index in [4.69, 9.17) is 0 Å². The molecule has 1 aliphatic carbocycles. The van der Waals surface area contributed by atoms with Crippen molar-refractivity contribution < 1.29 is 0 Å². The number of benzene rings is 1. The van der Waals surface area contributed by atoms with E-state index in [-0.39, 0.29) is 0 Å². The maximum absolute atomic E-state index is 3.75. The van der Waals surface area contributed by atoms with E-state index in [0.29, 0.717) is 0 Å². The summed E-state index contributed by atoms with van der Waals surface area (Å²) in [5.41, 5.74) is 2.84. The number of hydrogen-bond donors (Lipinski definition) is 1. The highest BCUT2D eigenvalue weighted by Crippen LogP contribution is 2.33. The van der Waals surface area contributed by atoms with Gasteiger partial charge in [0.25, 0.3) is 0 Å². The first-order valence-electron chi connectivity index (χ1n) is 7.00. The Morgan fingerprint density at radius 3 is 2.65 bits per heavy atom. The predicted octanol–water partition coefficient (Wildman–Crippen LogP) is 3.91. The minimum atomic E-state index is 0.722. The van der Waals surface area contributed by atoms with Gasteiger partial charge in [-0.05, 0) is 42.7 Å². The Hall–Kier alpha value is -0.820. The molecule has 0 aliphatic heterocycles. The third-order valence-corrected chi connectivity index (χ3v) is 4.57. The molecule has 0 aromatic heterocycles. The highest BCUT2D eigenvalue weighted by Gasteiger charge is 2.30. The van der Waals surface area contributed by atoms with E-state index in [2.05, 4.69) is 50.4 Å². The van der Waals surface area contributed by atoms with Crippen LogP contribution in [-0.2, 0) is 6.54 Å². The summed E-state index contributed by atoms with van der Waals surface area (Å²) in [4.78, 5) is 0. The van der Waals surface area contributed by atoms with E-state index in [9.17, 15) is 0 Å². The largest absolute Gasteiger partial charge is 0.310 e. The fourth-order valence-corrected chi connectivity index (χ4v) is 3.16. The van der Waals surface area contributed by atoms with Crippen LogP contribution in [0.25, 0.3) is 0 Å². The van der Waals surface area contributed by atoms with Crippen molar-refractivity contribution in [1.29, 1.82) is 0 Å². The fourth-order valence-electron chi connectivity index (χ4n) is 3.16. The summed E-state index contributed by atoms with van der Waals surface area (Å²) < 4.78 is 0. The molecule has 0 spiro atoms. The van der Waals surface area contributed by atoms with Crippen molar-refractivity contribution in [2.75, 3.05) is 0 Å².